The maximum Gasteiger partial charge on any atom is 0.272 e. The van der Waals surface area contributed by atoms with Crippen LogP contribution in [0.25, 0.3) is 16.8 Å². The predicted molar refractivity (Wildman–Crippen MR) is 142 cm³/mol. The molecule has 1 fully saturated rings. The van der Waals surface area contributed by atoms with E-state index in [2.05, 4.69) is 37.1 Å². The number of benzene rings is 2. The molecule has 188 valence electrons. The molecule has 0 saturated heterocycles. The molecule has 4 aromatic rings. The van der Waals surface area contributed by atoms with Crippen molar-refractivity contribution in [3.05, 3.63) is 83.8 Å². The molecule has 1 aliphatic carbocycles. The van der Waals surface area contributed by atoms with Gasteiger partial charge < -0.3 is 10.3 Å². The van der Waals surface area contributed by atoms with E-state index >= 15 is 0 Å². The number of nitrogens with one attached hydrogen (secondary N) is 2. The number of aliphatic imine (C=N–C) groups is 2. The third-order valence-corrected chi connectivity index (χ3v) is 6.66. The second-order valence-electron chi connectivity index (χ2n) is 9.07. The Morgan fingerprint density at radius 2 is 1.97 bits per heavy atom. The lowest BCUT2D eigenvalue weighted by Gasteiger charge is -2.09. The van der Waals surface area contributed by atoms with E-state index in [4.69, 9.17) is 0 Å². The number of hydrogen-bond donors (Lipinski definition) is 2. The van der Waals surface area contributed by atoms with Gasteiger partial charge in [0.25, 0.3) is 5.91 Å². The Kier molecular flexibility index (Phi) is 7.02. The highest BCUT2D eigenvalue weighted by atomic mass is 19.1. The standard InChI is InChI=1S/C28H28FN7O/c1-30-25(24-27(31-2)35-26(34-24)19-7-3-4-8-19)28(37)32-15-18-6-5-9-20(14-18)21-16-33-36(17-21)23-12-10-22(29)11-13-23/h5-6,9-14,16-17,19H,2-4,7-8,15H2,1H3,(H,32,37)(H,34,35)/b30-25+. The number of hydrogen-bond acceptors (Lipinski definition) is 5. The molecule has 0 atom stereocenters. The second kappa shape index (κ2) is 10.7. The van der Waals surface area contributed by atoms with Crippen molar-refractivity contribution < 1.29 is 9.18 Å². The zero-order valence-electron chi connectivity index (χ0n) is 20.6. The summed E-state index contributed by atoms with van der Waals surface area (Å²) >= 11 is 0. The summed E-state index contributed by atoms with van der Waals surface area (Å²) in [4.78, 5) is 29.2. The monoisotopic (exact) mass is 497 g/mol. The Morgan fingerprint density at radius 3 is 2.70 bits per heavy atom. The largest absolute Gasteiger partial charge is 0.347 e. The number of H-pyrrole nitrogens is 1. The van der Waals surface area contributed by atoms with E-state index in [1.54, 1.807) is 30.1 Å². The maximum absolute atomic E-state index is 13.2. The zero-order valence-corrected chi connectivity index (χ0v) is 20.6. The van der Waals surface area contributed by atoms with Crippen LogP contribution in [0.1, 0.15) is 48.7 Å². The highest BCUT2D eigenvalue weighted by molar-refractivity contribution is 6.45. The van der Waals surface area contributed by atoms with Gasteiger partial charge in [-0.25, -0.2) is 19.0 Å². The summed E-state index contributed by atoms with van der Waals surface area (Å²) in [5.41, 5.74) is 4.30. The van der Waals surface area contributed by atoms with E-state index in [-0.39, 0.29) is 17.4 Å². The van der Waals surface area contributed by atoms with Crippen LogP contribution in [0.4, 0.5) is 10.2 Å². The molecular formula is C28H28FN7O. The van der Waals surface area contributed by atoms with E-state index in [1.165, 1.54) is 25.0 Å². The van der Waals surface area contributed by atoms with Crippen molar-refractivity contribution in [1.82, 2.24) is 25.1 Å². The van der Waals surface area contributed by atoms with Gasteiger partial charge in [0.05, 0.1) is 11.9 Å². The summed E-state index contributed by atoms with van der Waals surface area (Å²) in [6.45, 7) is 3.94. The average molecular weight is 498 g/mol. The first kappa shape index (κ1) is 24.3. The van der Waals surface area contributed by atoms with Gasteiger partial charge in [0, 0.05) is 31.3 Å². The van der Waals surface area contributed by atoms with Crippen LogP contribution in [0.5, 0.6) is 0 Å². The number of amides is 1. The number of imidazole rings is 1. The highest BCUT2D eigenvalue weighted by Gasteiger charge is 2.25. The molecule has 0 unspecified atom stereocenters. The molecule has 2 heterocycles. The Morgan fingerprint density at radius 1 is 1.19 bits per heavy atom. The fraction of sp³-hybridized carbons (Fsp3) is 0.250. The SMILES string of the molecule is C=Nc1nc(C2CCCC2)[nH]c1/C(=N\C)C(=O)NCc1cccc(-c2cnn(-c3ccc(F)cc3)c2)c1. The van der Waals surface area contributed by atoms with Gasteiger partial charge in [-0.1, -0.05) is 31.0 Å². The van der Waals surface area contributed by atoms with Gasteiger partial charge in [-0.05, 0) is 61.0 Å². The molecule has 0 radical (unpaired) electrons. The molecule has 5 rings (SSSR count). The first-order valence-corrected chi connectivity index (χ1v) is 12.3. The third-order valence-electron chi connectivity index (χ3n) is 6.66. The van der Waals surface area contributed by atoms with Gasteiger partial charge in [-0.2, -0.15) is 5.10 Å². The lowest BCUT2D eigenvalue weighted by molar-refractivity contribution is -0.114. The summed E-state index contributed by atoms with van der Waals surface area (Å²) < 4.78 is 14.9. The van der Waals surface area contributed by atoms with E-state index in [0.717, 1.165) is 41.0 Å². The lowest BCUT2D eigenvalue weighted by atomic mass is 10.1. The summed E-state index contributed by atoms with van der Waals surface area (Å²) in [6.07, 6.45) is 8.16. The lowest BCUT2D eigenvalue weighted by Crippen LogP contribution is -2.31. The first-order valence-electron chi connectivity index (χ1n) is 12.3. The number of halogens is 1. The maximum atomic E-state index is 13.2. The molecule has 37 heavy (non-hydrogen) atoms. The van der Waals surface area contributed by atoms with Gasteiger partial charge in [-0.15, -0.1) is 0 Å². The van der Waals surface area contributed by atoms with Crippen LogP contribution in [0.15, 0.2) is 70.9 Å². The van der Waals surface area contributed by atoms with Crippen molar-refractivity contribution in [2.75, 3.05) is 7.05 Å². The molecular weight excluding hydrogens is 469 g/mol. The van der Waals surface area contributed by atoms with Gasteiger partial charge >= 0.3 is 0 Å². The molecule has 0 spiro atoms. The molecule has 1 aliphatic rings. The van der Waals surface area contributed by atoms with Gasteiger partial charge in [-0.3, -0.25) is 9.79 Å². The Hall–Kier alpha value is -4.40. The van der Waals surface area contributed by atoms with Crippen LogP contribution in [0.2, 0.25) is 0 Å². The number of rotatable bonds is 8. The Labute approximate surface area is 214 Å². The van der Waals surface area contributed by atoms with Gasteiger partial charge in [0.2, 0.25) is 0 Å². The zero-order chi connectivity index (χ0) is 25.8. The van der Waals surface area contributed by atoms with E-state index in [1.807, 2.05) is 30.5 Å². The number of carbonyl (C=O) groups excluding carboxylic acids is 1. The third kappa shape index (κ3) is 5.25. The smallest absolute Gasteiger partial charge is 0.272 e. The molecule has 2 aromatic carbocycles. The number of aromatic nitrogens is 4. The Bertz CT molecular complexity index is 1450. The first-order chi connectivity index (χ1) is 18.1. The van der Waals surface area contributed by atoms with Crippen molar-refractivity contribution >= 4 is 24.2 Å². The normalized spacial score (nSPS) is 14.2. The topological polar surface area (TPSA) is 100 Å². The molecule has 1 saturated carbocycles. The van der Waals surface area contributed by atoms with Crippen molar-refractivity contribution in [2.24, 2.45) is 9.98 Å². The van der Waals surface area contributed by atoms with Gasteiger partial charge in [0.15, 0.2) is 5.82 Å². The molecule has 8 nitrogen and oxygen atoms in total. The van der Waals surface area contributed by atoms with E-state index < -0.39 is 0 Å². The quantitative estimate of drug-likeness (QED) is 0.330. The van der Waals surface area contributed by atoms with E-state index in [9.17, 15) is 9.18 Å². The number of carbonyl (C=O) groups is 1. The molecule has 2 aromatic heterocycles. The predicted octanol–water partition coefficient (Wildman–Crippen LogP) is 5.13. The summed E-state index contributed by atoms with van der Waals surface area (Å²) in [7, 11) is 1.58. The van der Waals surface area contributed by atoms with Crippen molar-refractivity contribution in [3.63, 3.8) is 0 Å². The minimum Gasteiger partial charge on any atom is -0.347 e. The fourth-order valence-corrected chi connectivity index (χ4v) is 4.71. The average Bonchev–Trinajstić information content (AvgIpc) is 3.70. The highest BCUT2D eigenvalue weighted by Crippen LogP contribution is 2.34. The summed E-state index contributed by atoms with van der Waals surface area (Å²) in [6, 6.07) is 14.0. The minimum absolute atomic E-state index is 0.246. The molecule has 0 bridgehead atoms. The van der Waals surface area contributed by atoms with Crippen LogP contribution in [-0.4, -0.2) is 45.1 Å². The van der Waals surface area contributed by atoms with Crippen LogP contribution in [0.3, 0.4) is 0 Å². The summed E-state index contributed by atoms with van der Waals surface area (Å²) in [5, 5.41) is 7.35. The molecule has 2 N–H and O–H groups in total. The van der Waals surface area contributed by atoms with Crippen LogP contribution in [0, 0.1) is 5.82 Å². The van der Waals surface area contributed by atoms with Crippen LogP contribution < -0.4 is 5.32 Å². The van der Waals surface area contributed by atoms with Crippen LogP contribution >= 0.6 is 0 Å². The fourth-order valence-electron chi connectivity index (χ4n) is 4.71. The molecule has 1 amide bonds. The molecule has 0 aliphatic heterocycles. The summed E-state index contributed by atoms with van der Waals surface area (Å²) in [5.74, 6) is 0.991. The van der Waals surface area contributed by atoms with Crippen molar-refractivity contribution in [1.29, 1.82) is 0 Å². The van der Waals surface area contributed by atoms with Crippen molar-refractivity contribution in [2.45, 2.75) is 38.1 Å². The number of aromatic amines is 1. The second-order valence-corrected chi connectivity index (χ2v) is 9.07. The van der Waals surface area contributed by atoms with Gasteiger partial charge in [0.1, 0.15) is 23.0 Å². The number of nitrogens with zero attached hydrogens (tertiary/aromatic N) is 5. The van der Waals surface area contributed by atoms with Crippen molar-refractivity contribution in [3.8, 4) is 16.8 Å². The minimum atomic E-state index is -0.316. The molecule has 9 heteroatoms. The van der Waals surface area contributed by atoms with E-state index in [0.29, 0.717) is 24.0 Å². The van der Waals surface area contributed by atoms with Crippen LogP contribution in [-0.2, 0) is 11.3 Å². The Balaban J connectivity index is 1.29.